The molecule has 136 valence electrons. The van der Waals surface area contributed by atoms with Crippen LogP contribution >= 0.6 is 27.7 Å². The minimum atomic E-state index is -0.442. The van der Waals surface area contributed by atoms with E-state index < -0.39 is 5.69 Å². The van der Waals surface area contributed by atoms with Gasteiger partial charge in [-0.2, -0.15) is 9.61 Å². The summed E-state index contributed by atoms with van der Waals surface area (Å²) >= 11 is 4.90. The molecule has 0 fully saturated rings. The maximum absolute atomic E-state index is 12.5. The Morgan fingerprint density at radius 2 is 1.85 bits per heavy atom. The van der Waals surface area contributed by atoms with E-state index in [-0.39, 0.29) is 17.2 Å². The van der Waals surface area contributed by atoms with Crippen molar-refractivity contribution in [2.75, 3.05) is 5.32 Å². The zero-order valence-corrected chi connectivity index (χ0v) is 17.0. The van der Waals surface area contributed by atoms with Gasteiger partial charge in [-0.25, -0.2) is 9.48 Å². The van der Waals surface area contributed by atoms with E-state index in [0.29, 0.717) is 11.3 Å². The third-order valence-electron chi connectivity index (χ3n) is 3.25. The average molecular weight is 436 g/mol. The van der Waals surface area contributed by atoms with Crippen molar-refractivity contribution in [3.63, 3.8) is 0 Å². The van der Waals surface area contributed by atoms with Gasteiger partial charge >= 0.3 is 5.69 Å². The molecular formula is C17H18BrN5O2S. The van der Waals surface area contributed by atoms with Crippen LogP contribution in [0.5, 0.6) is 0 Å². The average Bonchev–Trinajstić information content (AvgIpc) is 2.84. The second-order valence-electron chi connectivity index (χ2n) is 6.65. The van der Waals surface area contributed by atoms with Gasteiger partial charge in [0.2, 0.25) is 5.91 Å². The molecule has 3 rings (SSSR count). The van der Waals surface area contributed by atoms with Gasteiger partial charge in [-0.1, -0.05) is 48.5 Å². The Balaban J connectivity index is 1.79. The number of carbonyl (C=O) groups excluding carboxylic acids is 1. The van der Waals surface area contributed by atoms with Crippen molar-refractivity contribution in [2.45, 2.75) is 37.1 Å². The number of nitrogens with one attached hydrogen (secondary N) is 1. The third-order valence-corrected chi connectivity index (χ3v) is 4.82. The summed E-state index contributed by atoms with van der Waals surface area (Å²) in [5, 5.41) is 12.0. The number of anilines is 1. The van der Waals surface area contributed by atoms with Gasteiger partial charge < -0.3 is 5.32 Å². The molecular weight excluding hydrogens is 418 g/mol. The molecule has 9 heteroatoms. The van der Waals surface area contributed by atoms with E-state index in [1.54, 1.807) is 30.0 Å². The van der Waals surface area contributed by atoms with Crippen molar-refractivity contribution in [3.05, 3.63) is 51.4 Å². The summed E-state index contributed by atoms with van der Waals surface area (Å²) < 4.78 is 3.23. The van der Waals surface area contributed by atoms with E-state index in [4.69, 9.17) is 0 Å². The first-order chi connectivity index (χ1) is 12.2. The first kappa shape index (κ1) is 18.7. The Hall–Kier alpha value is -2.13. The quantitative estimate of drug-likeness (QED) is 0.636. The summed E-state index contributed by atoms with van der Waals surface area (Å²) in [6, 6.07) is 10.7. The van der Waals surface area contributed by atoms with Gasteiger partial charge in [-0.15, -0.1) is 5.10 Å². The highest BCUT2D eigenvalue weighted by Gasteiger charge is 2.16. The minimum absolute atomic E-state index is 0.0230. The number of amides is 1. The fourth-order valence-electron chi connectivity index (χ4n) is 2.23. The van der Waals surface area contributed by atoms with Crippen LogP contribution in [0, 0.1) is 0 Å². The van der Waals surface area contributed by atoms with E-state index in [9.17, 15) is 9.59 Å². The van der Waals surface area contributed by atoms with Crippen LogP contribution in [0.15, 0.2) is 50.7 Å². The topological polar surface area (TPSA) is 81.3 Å². The molecule has 0 atom stereocenters. The molecule has 1 aromatic carbocycles. The fourth-order valence-corrected chi connectivity index (χ4v) is 3.38. The number of rotatable bonds is 4. The highest BCUT2D eigenvalue weighted by Crippen LogP contribution is 2.29. The first-order valence-corrected chi connectivity index (χ1v) is 9.53. The SMILES string of the molecule is CC(C)(C)Sc1ccc2nn(CC(=O)Nc3ccc(Br)cc3)c(=O)n2n1. The Bertz CT molecular complexity index is 1000. The van der Waals surface area contributed by atoms with E-state index in [1.165, 1.54) is 4.52 Å². The lowest BCUT2D eigenvalue weighted by Crippen LogP contribution is -2.28. The van der Waals surface area contributed by atoms with E-state index in [0.717, 1.165) is 14.2 Å². The Morgan fingerprint density at radius 1 is 1.15 bits per heavy atom. The molecule has 0 saturated heterocycles. The molecule has 26 heavy (non-hydrogen) atoms. The van der Waals surface area contributed by atoms with Crippen molar-refractivity contribution in [3.8, 4) is 0 Å². The van der Waals surface area contributed by atoms with Crippen LogP contribution in [0.1, 0.15) is 20.8 Å². The van der Waals surface area contributed by atoms with Crippen molar-refractivity contribution < 1.29 is 4.79 Å². The maximum Gasteiger partial charge on any atom is 0.367 e. The number of hydrogen-bond acceptors (Lipinski definition) is 5. The number of benzene rings is 1. The standard InChI is InChI=1S/C17H18BrN5O2S/c1-17(2,3)26-15-9-8-13-20-22(16(25)23(13)21-15)10-14(24)19-12-6-4-11(18)5-7-12/h4-9H,10H2,1-3H3,(H,19,24). The summed E-state index contributed by atoms with van der Waals surface area (Å²) in [5.41, 5.74) is 0.615. The number of fused-ring (bicyclic) bond motifs is 1. The van der Waals surface area contributed by atoms with E-state index in [2.05, 4.69) is 52.2 Å². The Morgan fingerprint density at radius 3 is 2.50 bits per heavy atom. The summed E-state index contributed by atoms with van der Waals surface area (Å²) in [4.78, 5) is 24.7. The summed E-state index contributed by atoms with van der Waals surface area (Å²) in [7, 11) is 0. The molecule has 0 bridgehead atoms. The molecule has 3 aromatic rings. The molecule has 1 amide bonds. The smallest absolute Gasteiger partial charge is 0.324 e. The second kappa shape index (κ2) is 7.24. The molecule has 2 heterocycles. The minimum Gasteiger partial charge on any atom is -0.324 e. The highest BCUT2D eigenvalue weighted by molar-refractivity contribution is 9.10. The predicted octanol–water partition coefficient (Wildman–Crippen LogP) is 3.18. The second-order valence-corrected chi connectivity index (χ2v) is 9.41. The van der Waals surface area contributed by atoms with Crippen molar-refractivity contribution >= 4 is 44.9 Å². The molecule has 1 N–H and O–H groups in total. The van der Waals surface area contributed by atoms with Crippen LogP contribution in [0.25, 0.3) is 5.65 Å². The normalized spacial score (nSPS) is 11.7. The molecule has 0 unspecified atom stereocenters. The van der Waals surface area contributed by atoms with Crippen molar-refractivity contribution in [1.82, 2.24) is 19.4 Å². The van der Waals surface area contributed by atoms with Crippen LogP contribution in [0.3, 0.4) is 0 Å². The number of aromatic nitrogens is 4. The third kappa shape index (κ3) is 4.53. The lowest BCUT2D eigenvalue weighted by atomic mass is 10.3. The van der Waals surface area contributed by atoms with Gasteiger partial charge in [0.05, 0.1) is 0 Å². The van der Waals surface area contributed by atoms with Crippen molar-refractivity contribution in [2.24, 2.45) is 0 Å². The molecule has 0 radical (unpaired) electrons. The molecule has 0 aliphatic carbocycles. The van der Waals surface area contributed by atoms with E-state index in [1.807, 2.05) is 18.2 Å². The molecule has 0 spiro atoms. The van der Waals surface area contributed by atoms with Gasteiger partial charge in [0.25, 0.3) is 0 Å². The monoisotopic (exact) mass is 435 g/mol. The molecule has 0 saturated carbocycles. The summed E-state index contributed by atoms with van der Waals surface area (Å²) in [5.74, 6) is -0.331. The largest absolute Gasteiger partial charge is 0.367 e. The van der Waals surface area contributed by atoms with Crippen LogP contribution in [-0.2, 0) is 11.3 Å². The number of thioether (sulfide) groups is 1. The zero-order chi connectivity index (χ0) is 18.9. The highest BCUT2D eigenvalue weighted by atomic mass is 79.9. The van der Waals surface area contributed by atoms with Gasteiger partial charge in [0, 0.05) is 14.9 Å². The first-order valence-electron chi connectivity index (χ1n) is 7.93. The maximum atomic E-state index is 12.5. The number of nitrogens with zero attached hydrogens (tertiary/aromatic N) is 4. The van der Waals surface area contributed by atoms with Gasteiger partial charge in [-0.3, -0.25) is 4.79 Å². The van der Waals surface area contributed by atoms with Gasteiger partial charge in [0.1, 0.15) is 11.6 Å². The predicted molar refractivity (Wildman–Crippen MR) is 106 cm³/mol. The Labute approximate surface area is 162 Å². The van der Waals surface area contributed by atoms with Gasteiger partial charge in [0.15, 0.2) is 5.65 Å². The summed E-state index contributed by atoms with van der Waals surface area (Å²) in [6.07, 6.45) is 0. The van der Waals surface area contributed by atoms with Crippen molar-refractivity contribution in [1.29, 1.82) is 0 Å². The number of hydrogen-bond donors (Lipinski definition) is 1. The molecule has 7 nitrogen and oxygen atoms in total. The lowest BCUT2D eigenvalue weighted by molar-refractivity contribution is -0.117. The van der Waals surface area contributed by atoms with Crippen LogP contribution in [0.4, 0.5) is 5.69 Å². The lowest BCUT2D eigenvalue weighted by Gasteiger charge is -2.16. The van der Waals surface area contributed by atoms with Crippen LogP contribution in [-0.4, -0.2) is 30.0 Å². The van der Waals surface area contributed by atoms with Crippen LogP contribution < -0.4 is 11.0 Å². The molecule has 0 aliphatic heterocycles. The summed E-state index contributed by atoms with van der Waals surface area (Å²) in [6.45, 7) is 6.03. The number of halogens is 1. The Kier molecular flexibility index (Phi) is 5.19. The molecule has 0 aliphatic rings. The fraction of sp³-hybridized carbons (Fsp3) is 0.294. The molecule has 2 aromatic heterocycles. The van der Waals surface area contributed by atoms with E-state index >= 15 is 0 Å². The van der Waals surface area contributed by atoms with Crippen LogP contribution in [0.2, 0.25) is 0 Å². The van der Waals surface area contributed by atoms with Gasteiger partial charge in [-0.05, 0) is 36.4 Å². The zero-order valence-electron chi connectivity index (χ0n) is 14.6. The number of carbonyl (C=O) groups is 1.